The average Bonchev–Trinajstić information content (AvgIpc) is 3.13. The highest BCUT2D eigenvalue weighted by molar-refractivity contribution is 7.99. The Balaban J connectivity index is 1.70. The third-order valence-electron chi connectivity index (χ3n) is 3.39. The van der Waals surface area contributed by atoms with E-state index >= 15 is 0 Å². The summed E-state index contributed by atoms with van der Waals surface area (Å²) in [5.74, 6) is 0.786. The van der Waals surface area contributed by atoms with E-state index in [2.05, 4.69) is 15.3 Å². The van der Waals surface area contributed by atoms with Gasteiger partial charge in [-0.25, -0.2) is 4.98 Å². The standard InChI is InChI=1S/C18H16ClN3OS/c19-14-6-7-16(20-10-11-24-18-21-8-9-22-18)15(12-14)17(23)13-4-2-1-3-5-13/h1-9,12,20H,10-11H2,(H,21,22). The molecule has 0 bridgehead atoms. The number of nitrogens with one attached hydrogen (secondary N) is 2. The van der Waals surface area contributed by atoms with Crippen molar-refractivity contribution >= 4 is 34.8 Å². The summed E-state index contributed by atoms with van der Waals surface area (Å²) in [4.78, 5) is 19.9. The first kappa shape index (κ1) is 16.6. The molecular formula is C18H16ClN3OS. The average molecular weight is 358 g/mol. The van der Waals surface area contributed by atoms with E-state index in [1.165, 1.54) is 0 Å². The molecule has 0 amide bonds. The van der Waals surface area contributed by atoms with E-state index < -0.39 is 0 Å². The molecule has 0 saturated carbocycles. The molecule has 0 fully saturated rings. The second kappa shape index (κ2) is 8.04. The number of hydrogen-bond acceptors (Lipinski definition) is 4. The zero-order valence-electron chi connectivity index (χ0n) is 12.8. The number of ketones is 1. The van der Waals surface area contributed by atoms with Crippen LogP contribution in [-0.2, 0) is 0 Å². The lowest BCUT2D eigenvalue weighted by Gasteiger charge is -2.12. The molecule has 0 atom stereocenters. The molecule has 1 heterocycles. The predicted molar refractivity (Wildman–Crippen MR) is 99.1 cm³/mol. The molecular weight excluding hydrogens is 342 g/mol. The van der Waals surface area contributed by atoms with Crippen molar-refractivity contribution in [2.45, 2.75) is 5.16 Å². The molecule has 0 unspecified atom stereocenters. The minimum atomic E-state index is -0.0423. The maximum absolute atomic E-state index is 12.7. The summed E-state index contributed by atoms with van der Waals surface area (Å²) < 4.78 is 0. The molecule has 0 aliphatic carbocycles. The zero-order chi connectivity index (χ0) is 16.8. The molecule has 3 aromatic rings. The fraction of sp³-hybridized carbons (Fsp3) is 0.111. The number of imidazole rings is 1. The van der Waals surface area contributed by atoms with Gasteiger partial charge >= 0.3 is 0 Å². The Morgan fingerprint density at radius 2 is 2.04 bits per heavy atom. The maximum Gasteiger partial charge on any atom is 0.195 e. The third-order valence-corrected chi connectivity index (χ3v) is 4.53. The fourth-order valence-corrected chi connectivity index (χ4v) is 3.12. The molecule has 0 aliphatic heterocycles. The highest BCUT2D eigenvalue weighted by Crippen LogP contribution is 2.24. The smallest absolute Gasteiger partial charge is 0.195 e. The summed E-state index contributed by atoms with van der Waals surface area (Å²) in [6.07, 6.45) is 3.52. The number of aromatic amines is 1. The van der Waals surface area contributed by atoms with Crippen molar-refractivity contribution in [2.24, 2.45) is 0 Å². The van der Waals surface area contributed by atoms with Crippen LogP contribution in [0.1, 0.15) is 15.9 Å². The molecule has 0 aliphatic rings. The van der Waals surface area contributed by atoms with Gasteiger partial charge in [-0.2, -0.15) is 0 Å². The number of thioether (sulfide) groups is 1. The van der Waals surface area contributed by atoms with Gasteiger partial charge in [0.25, 0.3) is 0 Å². The first-order chi connectivity index (χ1) is 11.7. The Labute approximate surface area is 149 Å². The summed E-state index contributed by atoms with van der Waals surface area (Å²) in [5, 5.41) is 4.74. The van der Waals surface area contributed by atoms with E-state index in [-0.39, 0.29) is 5.78 Å². The lowest BCUT2D eigenvalue weighted by Crippen LogP contribution is -2.10. The number of carbonyl (C=O) groups is 1. The van der Waals surface area contributed by atoms with Gasteiger partial charge in [-0.1, -0.05) is 53.7 Å². The van der Waals surface area contributed by atoms with E-state index in [1.807, 2.05) is 24.3 Å². The summed E-state index contributed by atoms with van der Waals surface area (Å²) in [5.41, 5.74) is 2.01. The molecule has 3 rings (SSSR count). The predicted octanol–water partition coefficient (Wildman–Crippen LogP) is 4.50. The number of rotatable bonds is 7. The highest BCUT2D eigenvalue weighted by atomic mass is 35.5. The Bertz CT molecular complexity index is 806. The van der Waals surface area contributed by atoms with Crippen LogP contribution in [0.2, 0.25) is 5.02 Å². The quantitative estimate of drug-likeness (QED) is 0.371. The van der Waals surface area contributed by atoms with Gasteiger partial charge in [0.05, 0.1) is 0 Å². The van der Waals surface area contributed by atoms with Crippen molar-refractivity contribution in [3.63, 3.8) is 0 Å². The Kier molecular flexibility index (Phi) is 5.56. The monoisotopic (exact) mass is 357 g/mol. The van der Waals surface area contributed by atoms with Crippen LogP contribution >= 0.6 is 23.4 Å². The number of aromatic nitrogens is 2. The largest absolute Gasteiger partial charge is 0.384 e. The summed E-state index contributed by atoms with van der Waals surface area (Å²) in [6, 6.07) is 14.5. The molecule has 2 aromatic carbocycles. The van der Waals surface area contributed by atoms with Gasteiger partial charge < -0.3 is 10.3 Å². The number of hydrogen-bond donors (Lipinski definition) is 2. The van der Waals surface area contributed by atoms with Crippen LogP contribution in [0, 0.1) is 0 Å². The van der Waals surface area contributed by atoms with Gasteiger partial charge in [-0.15, -0.1) is 0 Å². The SMILES string of the molecule is O=C(c1ccccc1)c1cc(Cl)ccc1NCCSc1ncc[nH]1. The molecule has 1 aromatic heterocycles. The Morgan fingerprint density at radius 1 is 1.21 bits per heavy atom. The maximum atomic E-state index is 12.7. The number of nitrogens with zero attached hydrogens (tertiary/aromatic N) is 1. The topological polar surface area (TPSA) is 57.8 Å². The minimum absolute atomic E-state index is 0.0423. The molecule has 0 spiro atoms. The van der Waals surface area contributed by atoms with E-state index in [4.69, 9.17) is 11.6 Å². The first-order valence-electron chi connectivity index (χ1n) is 7.49. The fourth-order valence-electron chi connectivity index (χ4n) is 2.27. The van der Waals surface area contributed by atoms with E-state index in [0.717, 1.165) is 16.6 Å². The molecule has 0 saturated heterocycles. The van der Waals surface area contributed by atoms with Crippen LogP contribution in [0.5, 0.6) is 0 Å². The van der Waals surface area contributed by atoms with Crippen molar-refractivity contribution in [3.8, 4) is 0 Å². The van der Waals surface area contributed by atoms with E-state index in [0.29, 0.717) is 22.7 Å². The number of carbonyl (C=O) groups excluding carboxylic acids is 1. The minimum Gasteiger partial charge on any atom is -0.384 e. The number of anilines is 1. The van der Waals surface area contributed by atoms with Crippen molar-refractivity contribution < 1.29 is 4.79 Å². The van der Waals surface area contributed by atoms with Crippen LogP contribution in [0.15, 0.2) is 66.1 Å². The lowest BCUT2D eigenvalue weighted by molar-refractivity contribution is 0.103. The second-order valence-electron chi connectivity index (χ2n) is 5.05. The molecule has 0 radical (unpaired) electrons. The second-order valence-corrected chi connectivity index (χ2v) is 6.57. The van der Waals surface area contributed by atoms with Gasteiger partial charge in [-0.3, -0.25) is 4.79 Å². The summed E-state index contributed by atoms with van der Waals surface area (Å²) in [7, 11) is 0. The first-order valence-corrected chi connectivity index (χ1v) is 8.86. The van der Waals surface area contributed by atoms with Crippen molar-refractivity contribution in [1.29, 1.82) is 0 Å². The normalized spacial score (nSPS) is 10.5. The molecule has 24 heavy (non-hydrogen) atoms. The van der Waals surface area contributed by atoms with Crippen LogP contribution in [0.3, 0.4) is 0 Å². The summed E-state index contributed by atoms with van der Waals surface area (Å²) in [6.45, 7) is 0.710. The zero-order valence-corrected chi connectivity index (χ0v) is 14.4. The number of halogens is 1. The Hall–Kier alpha value is -2.24. The van der Waals surface area contributed by atoms with Gasteiger partial charge in [0, 0.05) is 46.5 Å². The van der Waals surface area contributed by atoms with Crippen LogP contribution < -0.4 is 5.32 Å². The van der Waals surface area contributed by atoms with Crippen LogP contribution in [0.25, 0.3) is 0 Å². The van der Waals surface area contributed by atoms with Crippen molar-refractivity contribution in [2.75, 3.05) is 17.6 Å². The van der Waals surface area contributed by atoms with E-state index in [1.54, 1.807) is 48.4 Å². The van der Waals surface area contributed by atoms with E-state index in [9.17, 15) is 4.79 Å². The van der Waals surface area contributed by atoms with Crippen molar-refractivity contribution in [3.05, 3.63) is 77.1 Å². The molecule has 2 N–H and O–H groups in total. The van der Waals surface area contributed by atoms with Crippen LogP contribution in [0.4, 0.5) is 5.69 Å². The molecule has 122 valence electrons. The molecule has 6 heteroatoms. The number of H-pyrrole nitrogens is 1. The Morgan fingerprint density at radius 3 is 2.79 bits per heavy atom. The molecule has 4 nitrogen and oxygen atoms in total. The van der Waals surface area contributed by atoms with Gasteiger partial charge in [0.1, 0.15) is 0 Å². The van der Waals surface area contributed by atoms with Gasteiger partial charge in [0.2, 0.25) is 0 Å². The van der Waals surface area contributed by atoms with Gasteiger partial charge in [0.15, 0.2) is 10.9 Å². The van der Waals surface area contributed by atoms with Crippen LogP contribution in [-0.4, -0.2) is 28.0 Å². The number of benzene rings is 2. The third kappa shape index (κ3) is 4.19. The lowest BCUT2D eigenvalue weighted by atomic mass is 10.0. The van der Waals surface area contributed by atoms with Crippen molar-refractivity contribution in [1.82, 2.24) is 9.97 Å². The summed E-state index contributed by atoms with van der Waals surface area (Å²) >= 11 is 7.70. The highest BCUT2D eigenvalue weighted by Gasteiger charge is 2.14. The van der Waals surface area contributed by atoms with Gasteiger partial charge in [-0.05, 0) is 18.2 Å².